The number of aliphatic hydroxyl groups is 10. The highest BCUT2D eigenvalue weighted by molar-refractivity contribution is 5.91. The van der Waals surface area contributed by atoms with Gasteiger partial charge in [-0.2, -0.15) is 0 Å². The average Bonchev–Trinajstić information content (AvgIpc) is 3.21. The van der Waals surface area contributed by atoms with Crippen molar-refractivity contribution in [1.82, 2.24) is 0 Å². The molecule has 4 heterocycles. The highest BCUT2D eigenvalue weighted by Crippen LogP contribution is 2.42. The minimum Gasteiger partial charge on any atom is -0.507 e. The van der Waals surface area contributed by atoms with Crippen molar-refractivity contribution in [3.8, 4) is 34.3 Å². The van der Waals surface area contributed by atoms with Gasteiger partial charge in [0.05, 0.1) is 26.4 Å². The molecule has 1 aromatic heterocycles. The maximum absolute atomic E-state index is 14.6. The quantitative estimate of drug-likeness (QED) is 0.0870. The highest BCUT2D eigenvalue weighted by atomic mass is 16.7. The monoisotopic (exact) mass is 838 g/mol. The third-order valence-corrected chi connectivity index (χ3v) is 10.5. The van der Waals surface area contributed by atoms with Crippen LogP contribution in [0.4, 0.5) is 0 Å². The van der Waals surface area contributed by atoms with Crippen LogP contribution in [0.3, 0.4) is 0 Å². The first-order valence-electron chi connectivity index (χ1n) is 18.8. The second-order valence-corrected chi connectivity index (χ2v) is 14.8. The Kier molecular flexibility index (Phi) is 13.9. The summed E-state index contributed by atoms with van der Waals surface area (Å²) in [4.78, 5) is 14.6. The van der Waals surface area contributed by atoms with Crippen LogP contribution < -0.4 is 19.6 Å². The molecule has 0 aliphatic carbocycles. The van der Waals surface area contributed by atoms with E-state index in [1.807, 2.05) is 0 Å². The average molecular weight is 839 g/mol. The van der Waals surface area contributed by atoms with E-state index in [4.69, 9.17) is 37.6 Å². The molecule has 0 bridgehead atoms. The number of methoxy groups -OCH3 is 1. The molecule has 0 saturated carbocycles. The Balaban J connectivity index is 1.45. The van der Waals surface area contributed by atoms with Crippen LogP contribution in [0.2, 0.25) is 0 Å². The molecule has 3 aromatic rings. The number of aliphatic hydroxyl groups excluding tert-OH is 10. The Morgan fingerprint density at radius 1 is 0.746 bits per heavy atom. The number of benzene rings is 2. The summed E-state index contributed by atoms with van der Waals surface area (Å²) in [5.74, 6) is -1.30. The number of hydrogen-bond donors (Lipinski definition) is 11. The lowest BCUT2D eigenvalue weighted by atomic mass is 9.97. The summed E-state index contributed by atoms with van der Waals surface area (Å²) in [7, 11) is 1.44. The minimum absolute atomic E-state index is 0.00783. The molecule has 11 N–H and O–H groups in total. The van der Waals surface area contributed by atoms with Crippen LogP contribution in [0.25, 0.3) is 22.3 Å². The molecule has 15 atom stereocenters. The van der Waals surface area contributed by atoms with E-state index in [0.29, 0.717) is 5.75 Å². The number of hydrogen-bond acceptors (Lipinski definition) is 20. The van der Waals surface area contributed by atoms with Gasteiger partial charge < -0.3 is 93.7 Å². The van der Waals surface area contributed by atoms with Crippen LogP contribution in [0.5, 0.6) is 23.0 Å². The van der Waals surface area contributed by atoms with E-state index in [1.54, 1.807) is 32.1 Å². The Labute approximate surface area is 336 Å². The van der Waals surface area contributed by atoms with Crippen LogP contribution >= 0.6 is 0 Å². The lowest BCUT2D eigenvalue weighted by Crippen LogP contribution is -2.64. The van der Waals surface area contributed by atoms with Crippen LogP contribution in [-0.2, 0) is 25.4 Å². The molecule has 20 nitrogen and oxygen atoms in total. The molecule has 326 valence electrons. The fraction of sp³-hybridized carbons (Fsp3) is 0.564. The largest absolute Gasteiger partial charge is 0.507 e. The summed E-state index contributed by atoms with van der Waals surface area (Å²) in [6.45, 7) is 3.48. The van der Waals surface area contributed by atoms with Gasteiger partial charge in [0.25, 0.3) is 0 Å². The first-order chi connectivity index (χ1) is 28.0. The van der Waals surface area contributed by atoms with Crippen LogP contribution in [0.1, 0.15) is 26.3 Å². The van der Waals surface area contributed by atoms with Crippen LogP contribution in [-0.4, -0.2) is 169 Å². The highest BCUT2D eigenvalue weighted by Gasteiger charge is 2.51. The molecule has 20 heteroatoms. The number of phenols is 1. The summed E-state index contributed by atoms with van der Waals surface area (Å²) in [6, 6.07) is 7.20. The second-order valence-electron chi connectivity index (χ2n) is 14.8. The zero-order valence-corrected chi connectivity index (χ0v) is 32.3. The molecule has 3 aliphatic rings. The predicted molar refractivity (Wildman–Crippen MR) is 199 cm³/mol. The summed E-state index contributed by atoms with van der Waals surface area (Å²) >= 11 is 0. The third-order valence-electron chi connectivity index (χ3n) is 10.5. The normalized spacial score (nSPS) is 35.0. The van der Waals surface area contributed by atoms with Gasteiger partial charge >= 0.3 is 0 Å². The van der Waals surface area contributed by atoms with Gasteiger partial charge in [0.15, 0.2) is 12.1 Å². The molecule has 3 fully saturated rings. The number of ether oxygens (including phenoxy) is 7. The molecule has 3 aliphatic heterocycles. The van der Waals surface area contributed by atoms with Crippen molar-refractivity contribution >= 4 is 11.0 Å². The van der Waals surface area contributed by atoms with Crippen molar-refractivity contribution in [2.45, 2.75) is 119 Å². The van der Waals surface area contributed by atoms with Gasteiger partial charge in [-0.25, -0.2) is 0 Å². The fourth-order valence-corrected chi connectivity index (χ4v) is 7.00. The Morgan fingerprint density at radius 2 is 1.32 bits per heavy atom. The summed E-state index contributed by atoms with van der Waals surface area (Å²) in [5, 5.41) is 116. The molecule has 3 saturated heterocycles. The molecule has 0 amide bonds. The lowest BCUT2D eigenvalue weighted by Gasteiger charge is -2.45. The maximum Gasteiger partial charge on any atom is 0.239 e. The van der Waals surface area contributed by atoms with Crippen LogP contribution in [0, 0.1) is 0 Å². The number of rotatable bonds is 12. The number of aromatic hydroxyl groups is 1. The molecular formula is C39H50O20. The van der Waals surface area contributed by atoms with Crippen molar-refractivity contribution in [2.75, 3.05) is 20.3 Å². The third kappa shape index (κ3) is 8.79. The van der Waals surface area contributed by atoms with Crippen molar-refractivity contribution in [1.29, 1.82) is 0 Å². The molecule has 0 spiro atoms. The molecule has 6 rings (SSSR count). The Hall–Kier alpha value is -3.97. The second kappa shape index (κ2) is 18.3. The zero-order valence-electron chi connectivity index (χ0n) is 32.3. The number of phenolic OH excluding ortho intramolecular Hbond substituents is 1. The zero-order chi connectivity index (χ0) is 43.0. The SMILES string of the molecule is COc1ccc(-c2oc3c(CC=C(C)C)c(O[C@H]4O[C@H](CO)[C@@H](O)[C@@H](O)[C@H]4O)cc(O)c3c(=O)c2O[C@H]2O[C@H](C)[C@H](O)[C@H](O[C@H]3O[C@H](CO)[C@@H](O)[C@@H](O)[C@H]3O)[C@@H]2O)cc1. The summed E-state index contributed by atoms with van der Waals surface area (Å²) in [6.07, 6.45) is -23.4. The van der Waals surface area contributed by atoms with Gasteiger partial charge in [-0.1, -0.05) is 11.6 Å². The lowest BCUT2D eigenvalue weighted by molar-refractivity contribution is -0.350. The number of fused-ring (bicyclic) bond motifs is 1. The number of allylic oxidation sites excluding steroid dienone is 2. The first kappa shape index (κ1) is 44.6. The van der Waals surface area contributed by atoms with E-state index in [-0.39, 0.29) is 34.6 Å². The van der Waals surface area contributed by atoms with E-state index in [0.717, 1.165) is 11.6 Å². The first-order valence-corrected chi connectivity index (χ1v) is 18.8. The van der Waals surface area contributed by atoms with E-state index in [9.17, 15) is 61.0 Å². The smallest absolute Gasteiger partial charge is 0.239 e. The maximum atomic E-state index is 14.6. The van der Waals surface area contributed by atoms with Gasteiger partial charge in [0, 0.05) is 17.2 Å². The molecule has 0 unspecified atom stereocenters. The van der Waals surface area contributed by atoms with E-state index in [1.165, 1.54) is 26.2 Å². The van der Waals surface area contributed by atoms with E-state index < -0.39 is 128 Å². The Bertz CT molecular complexity index is 1990. The van der Waals surface area contributed by atoms with Crippen molar-refractivity contribution in [3.05, 3.63) is 57.8 Å². The standard InChI is InChI=1S/C39H50O20/c1-14(2)5-10-18-20(54-37-30(49)28(47)25(44)21(12-40)55-37)11-19(42)23-27(46)36(33(57-34(18)23)16-6-8-17(52-4)9-7-16)59-39-32(51)35(24(43)15(3)53-39)58-38-31(50)29(48)26(45)22(13-41)56-38/h5-9,11,15,21-22,24-26,28-32,35,37-45,47-51H,10,12-13H2,1-4H3/t15-,21-,22-,24+,25-,26-,28-,29-,30-,31-,32+,35+,37+,38-,39-/m1/s1. The summed E-state index contributed by atoms with van der Waals surface area (Å²) < 4.78 is 46.2. The van der Waals surface area contributed by atoms with Gasteiger partial charge in [0.2, 0.25) is 23.8 Å². The molecular weight excluding hydrogens is 788 g/mol. The molecule has 0 radical (unpaired) electrons. The van der Waals surface area contributed by atoms with Gasteiger partial charge in [-0.3, -0.25) is 4.79 Å². The van der Waals surface area contributed by atoms with Gasteiger partial charge in [0.1, 0.15) is 95.4 Å². The van der Waals surface area contributed by atoms with E-state index in [2.05, 4.69) is 0 Å². The van der Waals surface area contributed by atoms with Gasteiger partial charge in [-0.05, 0) is 51.5 Å². The van der Waals surface area contributed by atoms with Crippen molar-refractivity contribution in [3.63, 3.8) is 0 Å². The van der Waals surface area contributed by atoms with Crippen molar-refractivity contribution in [2.24, 2.45) is 0 Å². The molecule has 2 aromatic carbocycles. The topological polar surface area (TPSA) is 317 Å². The van der Waals surface area contributed by atoms with Crippen molar-refractivity contribution < 1.29 is 93.7 Å². The fourth-order valence-electron chi connectivity index (χ4n) is 7.00. The van der Waals surface area contributed by atoms with E-state index >= 15 is 0 Å². The molecule has 59 heavy (non-hydrogen) atoms. The van der Waals surface area contributed by atoms with Crippen LogP contribution in [0.15, 0.2) is 51.2 Å². The predicted octanol–water partition coefficient (Wildman–Crippen LogP) is -2.11. The summed E-state index contributed by atoms with van der Waals surface area (Å²) in [5.41, 5.74) is -0.00688. The van der Waals surface area contributed by atoms with Gasteiger partial charge in [-0.15, -0.1) is 0 Å². The Morgan fingerprint density at radius 3 is 1.90 bits per heavy atom. The minimum atomic E-state index is -1.96.